The van der Waals surface area contributed by atoms with E-state index >= 15 is 0 Å². The Hall–Kier alpha value is -3.89. The fourth-order valence-corrected chi connectivity index (χ4v) is 2.60. The molecule has 0 aliphatic heterocycles. The minimum atomic E-state index is -0.741. The van der Waals surface area contributed by atoms with Gasteiger partial charge in [0.25, 0.3) is 0 Å². The lowest BCUT2D eigenvalue weighted by atomic mass is 10.2. The molecule has 0 radical (unpaired) electrons. The molecule has 3 rings (SSSR count). The van der Waals surface area contributed by atoms with Crippen molar-refractivity contribution in [2.75, 3.05) is 0 Å². The number of esters is 1. The van der Waals surface area contributed by atoms with E-state index in [2.05, 4.69) is 4.79 Å². The number of rotatable bonds is 9. The highest BCUT2D eigenvalue weighted by Gasteiger charge is 2.08. The van der Waals surface area contributed by atoms with Crippen LogP contribution in [0.2, 0.25) is 0 Å². The minimum Gasteiger partial charge on any atom is -0.489 e. The van der Waals surface area contributed by atoms with Crippen LogP contribution < -0.4 is 9.47 Å². The molecular formula is C23H20N2O4. The van der Waals surface area contributed by atoms with Gasteiger partial charge >= 0.3 is 12.2 Å². The molecule has 0 fully saturated rings. The molecule has 6 heteroatoms. The summed E-state index contributed by atoms with van der Waals surface area (Å²) in [5.41, 5.74) is 11.2. The van der Waals surface area contributed by atoms with Gasteiger partial charge in [0.2, 0.25) is 0 Å². The number of ether oxygens (including phenoxy) is 3. The predicted molar refractivity (Wildman–Crippen MR) is 107 cm³/mol. The van der Waals surface area contributed by atoms with Crippen LogP contribution in [-0.4, -0.2) is 17.0 Å². The highest BCUT2D eigenvalue weighted by Crippen LogP contribution is 2.25. The van der Waals surface area contributed by atoms with Crippen LogP contribution in [0.15, 0.2) is 78.9 Å². The Bertz CT molecular complexity index is 923. The second-order valence-corrected chi connectivity index (χ2v) is 6.21. The van der Waals surface area contributed by atoms with Crippen molar-refractivity contribution in [1.82, 2.24) is 0 Å². The van der Waals surface area contributed by atoms with Gasteiger partial charge in [0.15, 0.2) is 0 Å². The van der Waals surface area contributed by atoms with Crippen molar-refractivity contribution in [1.29, 1.82) is 0 Å². The van der Waals surface area contributed by atoms with E-state index < -0.39 is 5.97 Å². The molecule has 0 atom stereocenters. The van der Waals surface area contributed by atoms with Gasteiger partial charge in [0.1, 0.15) is 31.3 Å². The first-order valence-corrected chi connectivity index (χ1v) is 9.04. The molecular weight excluding hydrogens is 368 g/mol. The molecule has 0 aromatic heterocycles. The largest absolute Gasteiger partial charge is 0.489 e. The molecule has 0 saturated heterocycles. The number of carbonyl (C=O) groups excluding carboxylic acids is 1. The smallest absolute Gasteiger partial charge is 0.413 e. The van der Waals surface area contributed by atoms with E-state index in [-0.39, 0.29) is 6.61 Å². The average Bonchev–Trinajstić information content (AvgIpc) is 2.76. The Labute approximate surface area is 168 Å². The van der Waals surface area contributed by atoms with Crippen molar-refractivity contribution in [2.24, 2.45) is 0 Å². The summed E-state index contributed by atoms with van der Waals surface area (Å²) in [4.78, 5) is 14.1. The maximum Gasteiger partial charge on any atom is 0.413 e. The third kappa shape index (κ3) is 6.65. The fourth-order valence-electron chi connectivity index (χ4n) is 2.60. The first kappa shape index (κ1) is 19.9. The van der Waals surface area contributed by atoms with Crippen molar-refractivity contribution in [3.8, 4) is 11.5 Å². The second kappa shape index (κ2) is 10.4. The summed E-state index contributed by atoms with van der Waals surface area (Å²) in [5, 5.41) is 0. The highest BCUT2D eigenvalue weighted by molar-refractivity contribution is 6.20. The number of benzene rings is 3. The molecule has 146 valence electrons. The van der Waals surface area contributed by atoms with Crippen LogP contribution in [0.3, 0.4) is 0 Å². The van der Waals surface area contributed by atoms with Gasteiger partial charge in [-0.25, -0.2) is 4.79 Å². The Morgan fingerprint density at radius 2 is 1.28 bits per heavy atom. The summed E-state index contributed by atoms with van der Waals surface area (Å²) in [6, 6.07) is 25.0. The summed E-state index contributed by atoms with van der Waals surface area (Å²) in [5.74, 6) is 0.456. The molecule has 6 nitrogen and oxygen atoms in total. The number of hydrogen-bond acceptors (Lipinski definition) is 4. The second-order valence-electron chi connectivity index (χ2n) is 6.21. The number of carbonyl (C=O) groups is 1. The molecule has 0 heterocycles. The summed E-state index contributed by atoms with van der Waals surface area (Å²) < 4.78 is 16.8. The van der Waals surface area contributed by atoms with Gasteiger partial charge in [-0.05, 0) is 28.8 Å². The highest BCUT2D eigenvalue weighted by atomic mass is 16.5. The number of nitrogens with zero attached hydrogens (tertiary/aromatic N) is 2. The molecule has 0 amide bonds. The Balaban J connectivity index is 1.72. The van der Waals surface area contributed by atoms with E-state index in [4.69, 9.17) is 19.7 Å². The average molecular weight is 388 g/mol. The molecule has 29 heavy (non-hydrogen) atoms. The molecule has 0 unspecified atom stereocenters. The normalized spacial score (nSPS) is 9.93. The molecule has 0 aliphatic carbocycles. The van der Waals surface area contributed by atoms with Crippen molar-refractivity contribution in [2.45, 2.75) is 19.8 Å². The molecule has 3 aromatic rings. The van der Waals surface area contributed by atoms with Gasteiger partial charge in [-0.1, -0.05) is 60.7 Å². The Kier molecular flexibility index (Phi) is 7.15. The predicted octanol–water partition coefficient (Wildman–Crippen LogP) is 4.19. The SMILES string of the molecule is [N-]=[N+]=CC(=O)OCc1cc(OCc2ccccc2)cc(OCc2ccccc2)c1. The third-order valence-electron chi connectivity index (χ3n) is 3.98. The van der Waals surface area contributed by atoms with Crippen LogP contribution in [0.5, 0.6) is 11.5 Å². The standard InChI is InChI=1S/C23H20N2O4/c24-25-14-23(26)29-17-20-11-21(27-15-18-7-3-1-4-8-18)13-22(12-20)28-16-19-9-5-2-6-10-19/h1-14H,15-17H2. The maximum atomic E-state index is 11.4. The van der Waals surface area contributed by atoms with E-state index in [1.165, 1.54) is 0 Å². The van der Waals surface area contributed by atoms with Crippen LogP contribution in [0, 0.1) is 0 Å². The van der Waals surface area contributed by atoms with Crippen molar-refractivity contribution >= 4 is 12.2 Å². The van der Waals surface area contributed by atoms with Gasteiger partial charge in [-0.2, -0.15) is 4.79 Å². The maximum absolute atomic E-state index is 11.4. The van der Waals surface area contributed by atoms with Crippen molar-refractivity contribution < 1.29 is 23.8 Å². The van der Waals surface area contributed by atoms with E-state index in [0.717, 1.165) is 11.1 Å². The van der Waals surface area contributed by atoms with Gasteiger partial charge in [0.05, 0.1) is 0 Å². The van der Waals surface area contributed by atoms with Gasteiger partial charge in [-0.15, -0.1) is 0 Å². The van der Waals surface area contributed by atoms with Crippen molar-refractivity contribution in [3.63, 3.8) is 0 Å². The molecule has 0 saturated carbocycles. The molecule has 0 N–H and O–H groups in total. The fraction of sp³-hybridized carbons (Fsp3) is 0.130. The Morgan fingerprint density at radius 3 is 1.76 bits per heavy atom. The van der Waals surface area contributed by atoms with Crippen molar-refractivity contribution in [3.05, 3.63) is 101 Å². The zero-order chi connectivity index (χ0) is 20.3. The lowest BCUT2D eigenvalue weighted by molar-refractivity contribution is -0.140. The van der Waals surface area contributed by atoms with E-state index in [9.17, 15) is 4.79 Å². The Morgan fingerprint density at radius 1 is 0.759 bits per heavy atom. The van der Waals surface area contributed by atoms with Crippen LogP contribution in [-0.2, 0) is 29.4 Å². The van der Waals surface area contributed by atoms with Gasteiger partial charge in [0, 0.05) is 6.07 Å². The van der Waals surface area contributed by atoms with Crippen LogP contribution in [0.1, 0.15) is 16.7 Å². The van der Waals surface area contributed by atoms with Crippen LogP contribution in [0.25, 0.3) is 5.53 Å². The van der Waals surface area contributed by atoms with Gasteiger partial charge in [-0.3, -0.25) is 0 Å². The molecule has 0 bridgehead atoms. The van der Waals surface area contributed by atoms with Crippen LogP contribution in [0.4, 0.5) is 0 Å². The monoisotopic (exact) mass is 388 g/mol. The first-order chi connectivity index (χ1) is 14.2. The summed E-state index contributed by atoms with van der Waals surface area (Å²) in [6.07, 6.45) is 0.697. The lowest BCUT2D eigenvalue weighted by Gasteiger charge is -2.13. The van der Waals surface area contributed by atoms with E-state index in [0.29, 0.717) is 36.5 Å². The number of hydrogen-bond donors (Lipinski definition) is 0. The van der Waals surface area contributed by atoms with Gasteiger partial charge < -0.3 is 19.7 Å². The minimum absolute atomic E-state index is 0.00487. The summed E-state index contributed by atoms with van der Waals surface area (Å²) in [7, 11) is 0. The van der Waals surface area contributed by atoms with E-state index in [1.807, 2.05) is 60.7 Å². The molecule has 0 spiro atoms. The zero-order valence-electron chi connectivity index (χ0n) is 15.7. The molecule has 3 aromatic carbocycles. The quantitative estimate of drug-likeness (QED) is 0.238. The lowest BCUT2D eigenvalue weighted by Crippen LogP contribution is -2.06. The third-order valence-corrected chi connectivity index (χ3v) is 3.98. The molecule has 0 aliphatic rings. The topological polar surface area (TPSA) is 81.2 Å². The first-order valence-electron chi connectivity index (χ1n) is 9.04. The summed E-state index contributed by atoms with van der Waals surface area (Å²) in [6.45, 7) is 0.799. The zero-order valence-corrected chi connectivity index (χ0v) is 15.7. The van der Waals surface area contributed by atoms with Crippen LogP contribution >= 0.6 is 0 Å². The van der Waals surface area contributed by atoms with E-state index in [1.54, 1.807) is 18.2 Å². The summed E-state index contributed by atoms with van der Waals surface area (Å²) >= 11 is 0.